The van der Waals surface area contributed by atoms with Crippen molar-refractivity contribution in [3.05, 3.63) is 107 Å². The lowest BCUT2D eigenvalue weighted by molar-refractivity contribution is 0.369. The smallest absolute Gasteiger partial charge is 0.151 e. The minimum atomic E-state index is -0.0310. The molecule has 0 amide bonds. The van der Waals surface area contributed by atoms with Gasteiger partial charge in [-0.3, -0.25) is 10.3 Å². The molecular formula is C22H18ClN3O. The lowest BCUT2D eigenvalue weighted by Crippen LogP contribution is -2.22. The second-order valence-corrected chi connectivity index (χ2v) is 6.60. The molecule has 0 spiro atoms. The molecule has 0 saturated heterocycles. The standard InChI is InChI=1S/C22H18ClN3O/c23-18-11-9-16(10-12-18)21-14-19(27-26-21)15-25-22(17-6-2-1-3-7-17)20-8-4-5-13-24-20/h1-14,22,25H,15H2/t22-/m0/s1. The normalized spacial score (nSPS) is 12.0. The van der Waals surface area contributed by atoms with Crippen LogP contribution in [0.5, 0.6) is 0 Å². The van der Waals surface area contributed by atoms with Crippen LogP contribution in [0.1, 0.15) is 23.1 Å². The maximum absolute atomic E-state index is 5.95. The Labute approximate surface area is 162 Å². The Morgan fingerprint density at radius 1 is 0.926 bits per heavy atom. The number of nitrogens with one attached hydrogen (secondary N) is 1. The number of pyridine rings is 1. The summed E-state index contributed by atoms with van der Waals surface area (Å²) in [5.41, 5.74) is 3.87. The van der Waals surface area contributed by atoms with E-state index in [1.807, 2.05) is 66.7 Å². The van der Waals surface area contributed by atoms with Crippen LogP contribution in [0.4, 0.5) is 0 Å². The molecule has 0 bridgehead atoms. The molecule has 0 saturated carbocycles. The predicted octanol–water partition coefficient (Wildman–Crippen LogP) is 5.27. The van der Waals surface area contributed by atoms with Crippen molar-refractivity contribution in [3.63, 3.8) is 0 Å². The highest BCUT2D eigenvalue weighted by molar-refractivity contribution is 6.30. The van der Waals surface area contributed by atoms with E-state index < -0.39 is 0 Å². The summed E-state index contributed by atoms with van der Waals surface area (Å²) in [4.78, 5) is 4.51. The first-order valence-corrected chi connectivity index (χ1v) is 9.08. The van der Waals surface area contributed by atoms with E-state index in [1.165, 1.54) is 0 Å². The molecule has 4 nitrogen and oxygen atoms in total. The van der Waals surface area contributed by atoms with Gasteiger partial charge in [0.25, 0.3) is 0 Å². The molecule has 134 valence electrons. The summed E-state index contributed by atoms with van der Waals surface area (Å²) in [6.07, 6.45) is 1.81. The van der Waals surface area contributed by atoms with E-state index in [9.17, 15) is 0 Å². The number of rotatable bonds is 6. The average Bonchev–Trinajstić information content (AvgIpc) is 3.19. The maximum atomic E-state index is 5.95. The van der Waals surface area contributed by atoms with Crippen LogP contribution >= 0.6 is 11.6 Å². The first kappa shape index (κ1) is 17.5. The highest BCUT2D eigenvalue weighted by Crippen LogP contribution is 2.23. The zero-order valence-corrected chi connectivity index (χ0v) is 15.3. The van der Waals surface area contributed by atoms with Gasteiger partial charge in [0.1, 0.15) is 5.69 Å². The van der Waals surface area contributed by atoms with Crippen LogP contribution in [-0.2, 0) is 6.54 Å². The van der Waals surface area contributed by atoms with Gasteiger partial charge in [0.05, 0.1) is 18.3 Å². The number of aromatic nitrogens is 2. The molecular weight excluding hydrogens is 358 g/mol. The van der Waals surface area contributed by atoms with Gasteiger partial charge in [-0.25, -0.2) is 0 Å². The summed E-state index contributed by atoms with van der Waals surface area (Å²) in [5, 5.41) is 8.39. The van der Waals surface area contributed by atoms with Gasteiger partial charge in [0.2, 0.25) is 0 Å². The Kier molecular flexibility index (Phi) is 5.28. The van der Waals surface area contributed by atoms with Crippen LogP contribution in [0.25, 0.3) is 11.3 Å². The molecule has 2 aromatic heterocycles. The summed E-state index contributed by atoms with van der Waals surface area (Å²) < 4.78 is 5.51. The van der Waals surface area contributed by atoms with Crippen molar-refractivity contribution in [1.82, 2.24) is 15.5 Å². The highest BCUT2D eigenvalue weighted by atomic mass is 35.5. The van der Waals surface area contributed by atoms with Crippen molar-refractivity contribution in [1.29, 1.82) is 0 Å². The van der Waals surface area contributed by atoms with Crippen molar-refractivity contribution < 1.29 is 4.52 Å². The molecule has 0 radical (unpaired) electrons. The summed E-state index contributed by atoms with van der Waals surface area (Å²) in [6.45, 7) is 0.538. The van der Waals surface area contributed by atoms with Crippen molar-refractivity contribution in [2.24, 2.45) is 0 Å². The summed E-state index contributed by atoms with van der Waals surface area (Å²) in [7, 11) is 0. The van der Waals surface area contributed by atoms with Crippen LogP contribution in [0, 0.1) is 0 Å². The monoisotopic (exact) mass is 375 g/mol. The molecule has 2 aromatic carbocycles. The van der Waals surface area contributed by atoms with Crippen LogP contribution in [0.3, 0.4) is 0 Å². The molecule has 4 rings (SSSR count). The van der Waals surface area contributed by atoms with Crippen molar-refractivity contribution in [3.8, 4) is 11.3 Å². The molecule has 4 aromatic rings. The van der Waals surface area contributed by atoms with Gasteiger partial charge < -0.3 is 4.52 Å². The minimum Gasteiger partial charge on any atom is -0.359 e. The van der Waals surface area contributed by atoms with E-state index in [0.29, 0.717) is 11.6 Å². The number of hydrogen-bond donors (Lipinski definition) is 1. The van der Waals surface area contributed by atoms with Crippen molar-refractivity contribution in [2.45, 2.75) is 12.6 Å². The molecule has 27 heavy (non-hydrogen) atoms. The third kappa shape index (κ3) is 4.25. The van der Waals surface area contributed by atoms with E-state index in [2.05, 4.69) is 27.6 Å². The van der Waals surface area contributed by atoms with Gasteiger partial charge >= 0.3 is 0 Å². The number of benzene rings is 2. The minimum absolute atomic E-state index is 0.0310. The van der Waals surface area contributed by atoms with Gasteiger partial charge in [-0.15, -0.1) is 0 Å². The molecule has 0 fully saturated rings. The molecule has 0 aliphatic carbocycles. The molecule has 2 heterocycles. The van der Waals surface area contributed by atoms with Gasteiger partial charge in [0.15, 0.2) is 5.76 Å². The first-order valence-electron chi connectivity index (χ1n) is 8.70. The van der Waals surface area contributed by atoms with E-state index in [1.54, 1.807) is 6.20 Å². The van der Waals surface area contributed by atoms with Crippen LogP contribution in [-0.4, -0.2) is 10.1 Å². The second-order valence-electron chi connectivity index (χ2n) is 6.16. The van der Waals surface area contributed by atoms with Crippen LogP contribution in [0.15, 0.2) is 89.6 Å². The largest absolute Gasteiger partial charge is 0.359 e. The fourth-order valence-electron chi connectivity index (χ4n) is 2.94. The summed E-state index contributed by atoms with van der Waals surface area (Å²) in [5.74, 6) is 0.761. The molecule has 5 heteroatoms. The number of nitrogens with zero attached hydrogens (tertiary/aromatic N) is 2. The molecule has 0 aliphatic heterocycles. The third-order valence-corrected chi connectivity index (χ3v) is 4.55. The Hall–Kier alpha value is -2.95. The highest BCUT2D eigenvalue weighted by Gasteiger charge is 2.16. The predicted molar refractivity (Wildman–Crippen MR) is 106 cm³/mol. The Morgan fingerprint density at radius 2 is 1.70 bits per heavy atom. The van der Waals surface area contributed by atoms with Crippen molar-refractivity contribution in [2.75, 3.05) is 0 Å². The quantitative estimate of drug-likeness (QED) is 0.498. The van der Waals surface area contributed by atoms with Crippen LogP contribution < -0.4 is 5.32 Å². The van der Waals surface area contributed by atoms with Gasteiger partial charge in [-0.05, 0) is 29.8 Å². The van der Waals surface area contributed by atoms with Gasteiger partial charge in [-0.2, -0.15) is 0 Å². The molecule has 0 aliphatic rings. The van der Waals surface area contributed by atoms with Gasteiger partial charge in [0, 0.05) is 22.8 Å². The molecule has 1 atom stereocenters. The zero-order chi connectivity index (χ0) is 18.5. The Morgan fingerprint density at radius 3 is 2.44 bits per heavy atom. The fourth-order valence-corrected chi connectivity index (χ4v) is 3.07. The van der Waals surface area contributed by atoms with Crippen LogP contribution in [0.2, 0.25) is 5.02 Å². The topological polar surface area (TPSA) is 51.0 Å². The maximum Gasteiger partial charge on any atom is 0.151 e. The van der Waals surface area contributed by atoms with Crippen molar-refractivity contribution >= 4 is 11.6 Å². The van der Waals surface area contributed by atoms with E-state index in [0.717, 1.165) is 28.3 Å². The van der Waals surface area contributed by atoms with E-state index >= 15 is 0 Å². The number of halogens is 1. The average molecular weight is 376 g/mol. The summed E-state index contributed by atoms with van der Waals surface area (Å²) >= 11 is 5.95. The Balaban J connectivity index is 1.52. The SMILES string of the molecule is Clc1ccc(-c2cc(CN[C@@H](c3ccccc3)c3ccccn3)on2)cc1. The Bertz CT molecular complexity index is 946. The summed E-state index contributed by atoms with van der Waals surface area (Å²) in [6, 6.07) is 25.6. The first-order chi connectivity index (χ1) is 13.3. The second kappa shape index (κ2) is 8.16. The zero-order valence-electron chi connectivity index (χ0n) is 14.5. The number of hydrogen-bond acceptors (Lipinski definition) is 4. The van der Waals surface area contributed by atoms with Gasteiger partial charge in [-0.1, -0.05) is 65.3 Å². The molecule has 1 N–H and O–H groups in total. The van der Waals surface area contributed by atoms with E-state index in [4.69, 9.17) is 16.1 Å². The fraction of sp³-hybridized carbons (Fsp3) is 0.0909. The third-order valence-electron chi connectivity index (χ3n) is 4.30. The molecule has 0 unspecified atom stereocenters. The van der Waals surface area contributed by atoms with E-state index in [-0.39, 0.29) is 6.04 Å². The lowest BCUT2D eigenvalue weighted by Gasteiger charge is -2.18. The lowest BCUT2D eigenvalue weighted by atomic mass is 10.0.